The highest BCUT2D eigenvalue weighted by molar-refractivity contribution is 5.58. The average molecular weight is 447 g/mol. The van der Waals surface area contributed by atoms with Gasteiger partial charge in [0.05, 0.1) is 38.0 Å². The van der Waals surface area contributed by atoms with Gasteiger partial charge in [-0.2, -0.15) is 0 Å². The molecule has 0 radical (unpaired) electrons. The zero-order valence-corrected chi connectivity index (χ0v) is 18.1. The Balaban J connectivity index is 1.60. The molecule has 3 heterocycles. The van der Waals surface area contributed by atoms with Crippen molar-refractivity contribution >= 4 is 6.08 Å². The van der Waals surface area contributed by atoms with E-state index in [0.717, 1.165) is 16.9 Å². The summed E-state index contributed by atoms with van der Waals surface area (Å²) in [6.45, 7) is 1.74. The fraction of sp³-hybridized carbons (Fsp3) is 0.208. The molecule has 0 bridgehead atoms. The molecule has 0 saturated heterocycles. The van der Waals surface area contributed by atoms with Crippen LogP contribution in [0.3, 0.4) is 0 Å². The van der Waals surface area contributed by atoms with E-state index in [1.165, 1.54) is 16.7 Å². The zero-order chi connectivity index (χ0) is 23.2. The maximum atomic E-state index is 13.4. The van der Waals surface area contributed by atoms with Crippen molar-refractivity contribution < 1.29 is 14.2 Å². The van der Waals surface area contributed by atoms with Gasteiger partial charge in [0, 0.05) is 6.20 Å². The van der Waals surface area contributed by atoms with Crippen LogP contribution in [0.25, 0.3) is 11.8 Å². The molecule has 2 aromatic carbocycles. The van der Waals surface area contributed by atoms with Crippen LogP contribution in [-0.4, -0.2) is 44.5 Å². The van der Waals surface area contributed by atoms with Crippen molar-refractivity contribution in [1.29, 1.82) is 0 Å². The van der Waals surface area contributed by atoms with Crippen LogP contribution >= 0.6 is 0 Å². The van der Waals surface area contributed by atoms with Crippen molar-refractivity contribution in [2.75, 3.05) is 20.3 Å². The Morgan fingerprint density at radius 1 is 1.27 bits per heavy atom. The van der Waals surface area contributed by atoms with Crippen LogP contribution in [-0.2, 0) is 5.54 Å². The van der Waals surface area contributed by atoms with E-state index < -0.39 is 5.54 Å². The lowest BCUT2D eigenvalue weighted by Gasteiger charge is -2.28. The molecule has 9 heteroatoms. The van der Waals surface area contributed by atoms with Gasteiger partial charge in [-0.1, -0.05) is 18.2 Å². The minimum atomic E-state index is -1.08. The molecule has 4 aromatic rings. The van der Waals surface area contributed by atoms with Gasteiger partial charge in [-0.25, -0.2) is 14.4 Å². The number of halogens is 1. The molecule has 1 atom stereocenters. The summed E-state index contributed by atoms with van der Waals surface area (Å²) in [5.41, 5.74) is 2.04. The molecule has 0 fully saturated rings. The number of methoxy groups -OCH3 is 1. The third-order valence-corrected chi connectivity index (χ3v) is 5.96. The quantitative estimate of drug-likeness (QED) is 0.477. The number of H-pyrrole nitrogens is 1. The van der Waals surface area contributed by atoms with Gasteiger partial charge in [0.2, 0.25) is 5.62 Å². The summed E-state index contributed by atoms with van der Waals surface area (Å²) in [6.07, 6.45) is 5.32. The summed E-state index contributed by atoms with van der Waals surface area (Å²) in [5, 5.41) is 10.6. The minimum absolute atomic E-state index is 0.184. The lowest BCUT2D eigenvalue weighted by atomic mass is 9.91. The number of hydrogen-bond donors (Lipinski definition) is 2. The van der Waals surface area contributed by atoms with Crippen molar-refractivity contribution in [3.05, 3.63) is 98.9 Å². The normalized spacial score (nSPS) is 17.8. The first kappa shape index (κ1) is 20.9. The first-order valence-corrected chi connectivity index (χ1v) is 10.4. The third kappa shape index (κ3) is 3.37. The summed E-state index contributed by atoms with van der Waals surface area (Å²) < 4.78 is 22.3. The smallest absolute Gasteiger partial charge is 0.278 e. The Morgan fingerprint density at radius 2 is 2.06 bits per heavy atom. The molecule has 5 rings (SSSR count). The van der Waals surface area contributed by atoms with E-state index in [9.17, 15) is 14.3 Å². The van der Waals surface area contributed by atoms with Crippen molar-refractivity contribution in [1.82, 2.24) is 19.1 Å². The van der Waals surface area contributed by atoms with Crippen LogP contribution in [0.1, 0.15) is 16.8 Å². The fourth-order valence-corrected chi connectivity index (χ4v) is 4.24. The number of nitrogens with zero attached hydrogens (tertiary/aromatic N) is 4. The molecule has 0 saturated carbocycles. The lowest BCUT2D eigenvalue weighted by Crippen LogP contribution is -2.48. The van der Waals surface area contributed by atoms with E-state index in [1.807, 2.05) is 35.9 Å². The van der Waals surface area contributed by atoms with Crippen LogP contribution in [0.2, 0.25) is 0 Å². The van der Waals surface area contributed by atoms with Crippen LogP contribution in [0, 0.1) is 12.7 Å². The Labute approximate surface area is 188 Å². The van der Waals surface area contributed by atoms with Gasteiger partial charge in [-0.05, 0) is 48.4 Å². The molecule has 2 N–H and O–H groups in total. The average Bonchev–Trinajstić information content (AvgIpc) is 3.50. The van der Waals surface area contributed by atoms with Gasteiger partial charge in [0.1, 0.15) is 22.5 Å². The largest absolute Gasteiger partial charge is 0.495 e. The number of fused-ring (bicyclic) bond motifs is 1. The SMILES string of the molecule is COc1cc(/C=c2\[nH]c3n(c2=O)C(CO)(c2ccc(F)cc2)CN=3)ccc1-n1cnc(C)c1. The molecule has 33 heavy (non-hydrogen) atoms. The molecule has 2 aromatic heterocycles. The molecule has 1 aliphatic heterocycles. The van der Waals surface area contributed by atoms with Crippen molar-refractivity contribution in [3.8, 4) is 11.4 Å². The Bertz CT molecular complexity index is 1520. The second-order valence-electron chi connectivity index (χ2n) is 8.01. The van der Waals surface area contributed by atoms with Gasteiger partial charge in [-0.15, -0.1) is 0 Å². The molecule has 0 aliphatic carbocycles. The highest BCUT2D eigenvalue weighted by Gasteiger charge is 2.40. The highest BCUT2D eigenvalue weighted by atomic mass is 19.1. The molecule has 8 nitrogen and oxygen atoms in total. The third-order valence-electron chi connectivity index (χ3n) is 5.96. The molecular formula is C24H22FN5O3. The van der Waals surface area contributed by atoms with Crippen molar-refractivity contribution in [3.63, 3.8) is 0 Å². The Kier molecular flexibility index (Phi) is 4.98. The first-order valence-electron chi connectivity index (χ1n) is 10.4. The van der Waals surface area contributed by atoms with Crippen LogP contribution in [0.4, 0.5) is 4.39 Å². The first-order chi connectivity index (χ1) is 15.9. The number of imidazole rings is 2. The molecular weight excluding hydrogens is 425 g/mol. The summed E-state index contributed by atoms with van der Waals surface area (Å²) in [4.78, 5) is 25.1. The zero-order valence-electron chi connectivity index (χ0n) is 18.1. The monoisotopic (exact) mass is 447 g/mol. The predicted octanol–water partition coefficient (Wildman–Crippen LogP) is 1.02. The number of rotatable bonds is 5. The molecule has 168 valence electrons. The predicted molar refractivity (Wildman–Crippen MR) is 120 cm³/mol. The number of hydrogen-bond acceptors (Lipinski definition) is 5. The number of aromatic amines is 1. The molecule has 1 aliphatic rings. The summed E-state index contributed by atoms with van der Waals surface area (Å²) in [7, 11) is 1.58. The molecule has 0 spiro atoms. The van der Waals surface area contributed by atoms with E-state index >= 15 is 0 Å². The second-order valence-corrected chi connectivity index (χ2v) is 8.01. The standard InChI is InChI=1S/C24H22FN5O3/c1-15-11-29(14-27-15)20-8-3-16(10-21(20)33-2)9-19-22(32)30-23(28-19)26-12-24(30,13-31)17-4-6-18(25)7-5-17/h3-11,14,31H,12-13H2,1-2H3,(H,26,28)/b19-9-. The summed E-state index contributed by atoms with van der Waals surface area (Å²) >= 11 is 0. The van der Waals surface area contributed by atoms with E-state index in [2.05, 4.69) is 15.0 Å². The van der Waals surface area contributed by atoms with Crippen molar-refractivity contribution in [2.45, 2.75) is 12.5 Å². The van der Waals surface area contributed by atoms with Gasteiger partial charge < -0.3 is 19.4 Å². The van der Waals surface area contributed by atoms with E-state index in [1.54, 1.807) is 31.6 Å². The number of aliphatic hydroxyl groups is 1. The second kappa shape index (κ2) is 7.86. The molecule has 1 unspecified atom stereocenters. The van der Waals surface area contributed by atoms with E-state index in [4.69, 9.17) is 4.74 Å². The Hall–Kier alpha value is -3.98. The number of aryl methyl sites for hydroxylation is 1. The Morgan fingerprint density at radius 3 is 2.73 bits per heavy atom. The van der Waals surface area contributed by atoms with Crippen molar-refractivity contribution in [2.24, 2.45) is 4.99 Å². The number of aliphatic hydroxyl groups excluding tert-OH is 1. The van der Waals surface area contributed by atoms with Crippen LogP contribution < -0.4 is 21.3 Å². The van der Waals surface area contributed by atoms with Gasteiger partial charge in [-0.3, -0.25) is 9.36 Å². The number of nitrogens with one attached hydrogen (secondary N) is 1. The van der Waals surface area contributed by atoms with Crippen LogP contribution in [0.5, 0.6) is 5.75 Å². The highest BCUT2D eigenvalue weighted by Crippen LogP contribution is 2.27. The van der Waals surface area contributed by atoms with E-state index in [-0.39, 0.29) is 24.5 Å². The number of aromatic nitrogens is 4. The lowest BCUT2D eigenvalue weighted by molar-refractivity contribution is 0.177. The van der Waals surface area contributed by atoms with Gasteiger partial charge >= 0.3 is 0 Å². The summed E-state index contributed by atoms with van der Waals surface area (Å²) in [5.74, 6) is 0.238. The fourth-order valence-electron chi connectivity index (χ4n) is 4.24. The van der Waals surface area contributed by atoms with E-state index in [0.29, 0.717) is 22.3 Å². The number of ether oxygens (including phenoxy) is 1. The summed E-state index contributed by atoms with van der Waals surface area (Å²) in [6, 6.07) is 11.4. The maximum Gasteiger partial charge on any atom is 0.278 e. The topological polar surface area (TPSA) is 97.4 Å². The minimum Gasteiger partial charge on any atom is -0.495 e. The number of benzene rings is 2. The van der Waals surface area contributed by atoms with Crippen LogP contribution in [0.15, 0.2) is 64.8 Å². The van der Waals surface area contributed by atoms with Gasteiger partial charge in [0.15, 0.2) is 0 Å². The van der Waals surface area contributed by atoms with Gasteiger partial charge in [0.25, 0.3) is 5.56 Å². The maximum absolute atomic E-state index is 13.4. The molecule has 0 amide bonds.